The highest BCUT2D eigenvalue weighted by Gasteiger charge is 2.35. The number of piperidine rings is 1. The van der Waals surface area contributed by atoms with Crippen molar-refractivity contribution in [3.63, 3.8) is 0 Å². The van der Waals surface area contributed by atoms with Crippen LogP contribution in [-0.2, 0) is 26.0 Å². The van der Waals surface area contributed by atoms with Gasteiger partial charge in [0.15, 0.2) is 0 Å². The molecule has 1 aliphatic carbocycles. The fourth-order valence-corrected chi connectivity index (χ4v) is 8.36. The van der Waals surface area contributed by atoms with Crippen LogP contribution in [-0.4, -0.2) is 103 Å². The molecule has 11 heteroatoms. The molecule has 5 atom stereocenters. The van der Waals surface area contributed by atoms with Gasteiger partial charge in [0, 0.05) is 26.6 Å². The lowest BCUT2D eigenvalue weighted by molar-refractivity contribution is -0.132. The van der Waals surface area contributed by atoms with E-state index in [-0.39, 0.29) is 18.8 Å². The van der Waals surface area contributed by atoms with Gasteiger partial charge in [0.05, 0.1) is 23.8 Å². The van der Waals surface area contributed by atoms with Crippen molar-refractivity contribution in [1.29, 1.82) is 0 Å². The molecule has 2 aliphatic rings. The molecule has 1 unspecified atom stereocenters. The molecule has 4 N–H and O–H groups in total. The second-order valence-corrected chi connectivity index (χ2v) is 16.5. The third-order valence-electron chi connectivity index (χ3n) is 9.88. The Labute approximate surface area is 289 Å². The number of hydrogen-bond acceptors (Lipinski definition) is 7. The van der Waals surface area contributed by atoms with Crippen LogP contribution in [0.1, 0.15) is 90.0 Å². The van der Waals surface area contributed by atoms with E-state index in [1.165, 1.54) is 10.7 Å². The molecule has 1 saturated heterocycles. The molecule has 0 spiro atoms. The Hall–Kier alpha value is -2.49. The van der Waals surface area contributed by atoms with Gasteiger partial charge >= 0.3 is 0 Å². The van der Waals surface area contributed by atoms with E-state index in [1.807, 2.05) is 44.2 Å². The van der Waals surface area contributed by atoms with Crippen LogP contribution < -0.4 is 10.6 Å². The molecule has 0 aromatic heterocycles. The van der Waals surface area contributed by atoms with Crippen LogP contribution in [0.15, 0.2) is 30.3 Å². The number of terminal acetylenes is 1. The number of amides is 2. The lowest BCUT2D eigenvalue weighted by atomic mass is 9.82. The van der Waals surface area contributed by atoms with Crippen molar-refractivity contribution in [1.82, 2.24) is 19.8 Å². The van der Waals surface area contributed by atoms with E-state index >= 15 is 0 Å². The maximum absolute atomic E-state index is 13.9. The summed E-state index contributed by atoms with van der Waals surface area (Å²) in [7, 11) is -2.26. The van der Waals surface area contributed by atoms with Crippen molar-refractivity contribution in [2.75, 3.05) is 39.0 Å². The number of sulfonamides is 1. The Bertz CT molecular complexity index is 1260. The number of carbonyl (C=O) groups is 2. The Morgan fingerprint density at radius 1 is 1.00 bits per heavy atom. The molecule has 1 aliphatic heterocycles. The number of aliphatic hydroxyl groups is 2. The van der Waals surface area contributed by atoms with E-state index in [0.717, 1.165) is 63.6 Å². The first-order chi connectivity index (χ1) is 22.9. The molecule has 48 heavy (non-hydrogen) atoms. The molecule has 1 aromatic carbocycles. The monoisotopic (exact) mass is 688 g/mol. The van der Waals surface area contributed by atoms with Crippen LogP contribution in [0.2, 0.25) is 0 Å². The topological polar surface area (TPSA) is 139 Å². The average molecular weight is 689 g/mol. The summed E-state index contributed by atoms with van der Waals surface area (Å²) in [4.78, 5) is 29.9. The number of hydrogen-bond donors (Lipinski definition) is 4. The van der Waals surface area contributed by atoms with Gasteiger partial charge in [-0.25, -0.2) is 12.7 Å². The van der Waals surface area contributed by atoms with Gasteiger partial charge in [-0.2, -0.15) is 0 Å². The minimum atomic E-state index is -3.82. The first kappa shape index (κ1) is 39.9. The zero-order valence-corrected chi connectivity index (χ0v) is 30.2. The van der Waals surface area contributed by atoms with Crippen LogP contribution in [0.25, 0.3) is 0 Å². The molecular weight excluding hydrogens is 628 g/mol. The molecule has 2 amide bonds. The van der Waals surface area contributed by atoms with Crippen molar-refractivity contribution >= 4 is 21.8 Å². The summed E-state index contributed by atoms with van der Waals surface area (Å²) in [6.07, 6.45) is 13.1. The second-order valence-electron chi connectivity index (χ2n) is 14.4. The lowest BCUT2D eigenvalue weighted by Gasteiger charge is -2.33. The van der Waals surface area contributed by atoms with Crippen LogP contribution in [0.3, 0.4) is 0 Å². The standard InChI is InChI=1S/C37H60N4O6S/c1-5-15-32(37(45)39-33(26-30-18-11-7-12-19-30)35(43)34(42)24-28(2)3)38-36(44)31(25-29-16-9-6-10-17-29)27-48(46,47)40(4)22-23-41-20-13-8-14-21-41/h1,6,9-10,16-17,28,30-35,42-43H,7-8,11-15,18-27H2,2-4H3,(H,38,44)(H,39,45)/t31-,32+,33+,34+,35?/m1/s1. The van der Waals surface area contributed by atoms with E-state index in [9.17, 15) is 28.2 Å². The van der Waals surface area contributed by atoms with Crippen molar-refractivity contribution in [2.45, 2.75) is 115 Å². The predicted molar refractivity (Wildman–Crippen MR) is 190 cm³/mol. The molecular formula is C37H60N4O6S. The van der Waals surface area contributed by atoms with Gasteiger partial charge < -0.3 is 25.7 Å². The van der Waals surface area contributed by atoms with Gasteiger partial charge in [-0.1, -0.05) is 82.7 Å². The molecule has 1 heterocycles. The second kappa shape index (κ2) is 20.2. The normalized spacial score (nSPS) is 19.6. The third kappa shape index (κ3) is 13.4. The van der Waals surface area contributed by atoms with E-state index < -0.39 is 57.8 Å². The molecule has 0 radical (unpaired) electrons. The maximum Gasteiger partial charge on any atom is 0.243 e. The summed E-state index contributed by atoms with van der Waals surface area (Å²) in [6, 6.07) is 7.36. The molecule has 1 aromatic rings. The van der Waals surface area contributed by atoms with Gasteiger partial charge in [-0.3, -0.25) is 9.59 Å². The molecule has 0 bridgehead atoms. The van der Waals surface area contributed by atoms with E-state index in [0.29, 0.717) is 31.8 Å². The van der Waals surface area contributed by atoms with E-state index in [2.05, 4.69) is 21.5 Å². The van der Waals surface area contributed by atoms with Gasteiger partial charge in [0.2, 0.25) is 21.8 Å². The number of carbonyl (C=O) groups excluding carboxylic acids is 2. The zero-order chi connectivity index (χ0) is 35.1. The van der Waals surface area contributed by atoms with Gasteiger partial charge in [0.1, 0.15) is 12.1 Å². The first-order valence-corrected chi connectivity index (χ1v) is 19.6. The summed E-state index contributed by atoms with van der Waals surface area (Å²) >= 11 is 0. The van der Waals surface area contributed by atoms with Crippen LogP contribution in [0.4, 0.5) is 0 Å². The fraction of sp³-hybridized carbons (Fsp3) is 0.730. The highest BCUT2D eigenvalue weighted by atomic mass is 32.2. The lowest BCUT2D eigenvalue weighted by Crippen LogP contribution is -2.56. The van der Waals surface area contributed by atoms with Crippen LogP contribution in [0, 0.1) is 30.1 Å². The van der Waals surface area contributed by atoms with Gasteiger partial charge in [0.25, 0.3) is 0 Å². The number of likely N-dealkylation sites (tertiary alicyclic amines) is 1. The SMILES string of the molecule is C#CC[C@H](NC(=O)[C@H](Cc1ccccc1)CS(=O)(=O)N(C)CCN1CCCCC1)C(=O)N[C@@H](CC1CCCCC1)C(O)[C@@H](O)CC(C)C. The number of nitrogens with one attached hydrogen (secondary N) is 2. The minimum absolute atomic E-state index is 0.112. The average Bonchev–Trinajstić information content (AvgIpc) is 3.07. The van der Waals surface area contributed by atoms with E-state index in [1.54, 1.807) is 7.05 Å². The zero-order valence-electron chi connectivity index (χ0n) is 29.4. The number of likely N-dealkylation sites (N-methyl/N-ethyl adjacent to an activating group) is 1. The van der Waals surface area contributed by atoms with Crippen molar-refractivity contribution in [3.05, 3.63) is 35.9 Å². The third-order valence-corrected chi connectivity index (χ3v) is 11.8. The number of aliphatic hydroxyl groups excluding tert-OH is 2. The summed E-state index contributed by atoms with van der Waals surface area (Å²) in [5.41, 5.74) is 0.802. The summed E-state index contributed by atoms with van der Waals surface area (Å²) < 4.78 is 28.5. The molecule has 10 nitrogen and oxygen atoms in total. The highest BCUT2D eigenvalue weighted by Crippen LogP contribution is 2.29. The summed E-state index contributed by atoms with van der Waals surface area (Å²) in [5, 5.41) is 27.7. The highest BCUT2D eigenvalue weighted by molar-refractivity contribution is 7.89. The molecule has 2 fully saturated rings. The van der Waals surface area contributed by atoms with Crippen LogP contribution in [0.5, 0.6) is 0 Å². The Kier molecular flexibility index (Phi) is 16.8. The largest absolute Gasteiger partial charge is 0.390 e. The quantitative estimate of drug-likeness (QED) is 0.164. The summed E-state index contributed by atoms with van der Waals surface area (Å²) in [5.74, 6) is 0.399. The number of rotatable bonds is 19. The Morgan fingerprint density at radius 2 is 1.65 bits per heavy atom. The van der Waals surface area contributed by atoms with Crippen molar-refractivity contribution in [3.8, 4) is 12.3 Å². The van der Waals surface area contributed by atoms with E-state index in [4.69, 9.17) is 6.42 Å². The number of nitrogens with zero attached hydrogens (tertiary/aromatic N) is 2. The smallest absolute Gasteiger partial charge is 0.243 e. The van der Waals surface area contributed by atoms with Gasteiger partial charge in [-0.05, 0) is 62.6 Å². The summed E-state index contributed by atoms with van der Waals surface area (Å²) in [6.45, 7) is 6.80. The Morgan fingerprint density at radius 3 is 2.27 bits per heavy atom. The Balaban J connectivity index is 1.75. The first-order valence-electron chi connectivity index (χ1n) is 18.0. The maximum atomic E-state index is 13.9. The molecule has 3 rings (SSSR count). The number of benzene rings is 1. The predicted octanol–water partition coefficient (Wildman–Crippen LogP) is 3.32. The van der Waals surface area contributed by atoms with Gasteiger partial charge in [-0.15, -0.1) is 12.3 Å². The minimum Gasteiger partial charge on any atom is -0.390 e. The van der Waals surface area contributed by atoms with Crippen molar-refractivity contribution in [2.24, 2.45) is 17.8 Å². The van der Waals surface area contributed by atoms with Crippen molar-refractivity contribution < 1.29 is 28.2 Å². The molecule has 270 valence electrons. The van der Waals surface area contributed by atoms with Crippen LogP contribution >= 0.6 is 0 Å². The fourth-order valence-electron chi connectivity index (χ4n) is 6.97. The molecule has 1 saturated carbocycles.